The van der Waals surface area contributed by atoms with E-state index in [0.29, 0.717) is 12.2 Å². The van der Waals surface area contributed by atoms with E-state index in [9.17, 15) is 23.3 Å². The number of amides is 1. The molecule has 2 aromatic rings. The number of anilines is 1. The average molecular weight is 433 g/mol. The summed E-state index contributed by atoms with van der Waals surface area (Å²) in [5.74, 6) is 0.141. The molecule has 1 atom stereocenters. The second kappa shape index (κ2) is 7.94. The first-order valence-electron chi connectivity index (χ1n) is 9.26. The van der Waals surface area contributed by atoms with Crippen LogP contribution in [0.4, 0.5) is 11.4 Å². The maximum atomic E-state index is 12.8. The summed E-state index contributed by atoms with van der Waals surface area (Å²) in [6.07, 6.45) is 1.46. The van der Waals surface area contributed by atoms with Gasteiger partial charge in [0.15, 0.2) is 0 Å². The Balaban J connectivity index is 1.84. The van der Waals surface area contributed by atoms with Gasteiger partial charge in [0, 0.05) is 24.1 Å². The third-order valence-electron chi connectivity index (χ3n) is 4.73. The van der Waals surface area contributed by atoms with Gasteiger partial charge in [0.05, 0.1) is 22.9 Å². The fourth-order valence-electron chi connectivity index (χ4n) is 3.46. The van der Waals surface area contributed by atoms with Gasteiger partial charge >= 0.3 is 0 Å². The number of nitrogens with one attached hydrogen (secondary N) is 1. The van der Waals surface area contributed by atoms with Gasteiger partial charge in [-0.2, -0.15) is 0 Å². The molecule has 0 aromatic heterocycles. The number of nitro benzene ring substituents is 1. The van der Waals surface area contributed by atoms with Crippen molar-refractivity contribution in [1.82, 2.24) is 5.32 Å². The number of nitro groups is 1. The van der Waals surface area contributed by atoms with Crippen LogP contribution in [-0.2, 0) is 14.8 Å². The molecule has 0 aliphatic carbocycles. The van der Waals surface area contributed by atoms with Crippen molar-refractivity contribution < 1.29 is 22.9 Å². The first-order chi connectivity index (χ1) is 14.0. The molecule has 0 saturated carbocycles. The molecule has 1 aliphatic heterocycles. The van der Waals surface area contributed by atoms with E-state index in [0.717, 1.165) is 22.2 Å². The molecule has 30 heavy (non-hydrogen) atoms. The zero-order valence-corrected chi connectivity index (χ0v) is 17.7. The smallest absolute Gasteiger partial charge is 0.271 e. The Kier molecular flexibility index (Phi) is 5.71. The van der Waals surface area contributed by atoms with E-state index in [1.807, 2.05) is 38.1 Å². The van der Waals surface area contributed by atoms with Crippen molar-refractivity contribution in [3.05, 3.63) is 64.2 Å². The highest BCUT2D eigenvalue weighted by atomic mass is 32.2. The number of nitrogens with zero attached hydrogens (tertiary/aromatic N) is 2. The van der Waals surface area contributed by atoms with Crippen LogP contribution in [0.5, 0.6) is 5.75 Å². The van der Waals surface area contributed by atoms with Gasteiger partial charge in [-0.1, -0.05) is 24.3 Å². The lowest BCUT2D eigenvalue weighted by molar-refractivity contribution is -0.384. The zero-order chi connectivity index (χ0) is 22.1. The van der Waals surface area contributed by atoms with E-state index in [1.165, 1.54) is 18.2 Å². The summed E-state index contributed by atoms with van der Waals surface area (Å²) in [7, 11) is -3.85. The molecule has 1 unspecified atom stereocenters. The van der Waals surface area contributed by atoms with Crippen LogP contribution in [0.25, 0.3) is 0 Å². The second-order valence-electron chi connectivity index (χ2n) is 7.77. The highest BCUT2D eigenvalue weighted by Crippen LogP contribution is 2.39. The number of non-ortho nitro benzene ring substituents is 1. The molecule has 1 N–H and O–H groups in total. The quantitative estimate of drug-likeness (QED) is 0.553. The van der Waals surface area contributed by atoms with E-state index >= 15 is 0 Å². The Morgan fingerprint density at radius 2 is 1.97 bits per heavy atom. The lowest BCUT2D eigenvalue weighted by Gasteiger charge is -2.38. The first-order valence-corrected chi connectivity index (χ1v) is 11.1. The van der Waals surface area contributed by atoms with Gasteiger partial charge in [-0.3, -0.25) is 19.2 Å². The van der Waals surface area contributed by atoms with E-state index in [4.69, 9.17) is 4.74 Å². The number of carbonyl (C=O) groups is 1. The monoisotopic (exact) mass is 433 g/mol. The molecule has 3 rings (SSSR count). The molecule has 0 bridgehead atoms. The Labute approximate surface area is 174 Å². The molecule has 0 spiro atoms. The van der Waals surface area contributed by atoms with Crippen LogP contribution in [0.15, 0.2) is 48.5 Å². The topological polar surface area (TPSA) is 119 Å². The number of sulfonamides is 1. The maximum Gasteiger partial charge on any atom is 0.271 e. The van der Waals surface area contributed by atoms with Crippen LogP contribution < -0.4 is 14.4 Å². The van der Waals surface area contributed by atoms with Crippen LogP contribution in [-0.4, -0.2) is 37.6 Å². The number of para-hydroxylation sites is 1. The Hall–Kier alpha value is -3.14. The predicted octanol–water partition coefficient (Wildman–Crippen LogP) is 2.78. The number of carbonyl (C=O) groups excluding carboxylic acids is 1. The number of benzene rings is 2. The lowest BCUT2D eigenvalue weighted by Crippen LogP contribution is -2.45. The summed E-state index contributed by atoms with van der Waals surface area (Å²) < 4.78 is 31.4. The average Bonchev–Trinajstić information content (AvgIpc) is 2.64. The van der Waals surface area contributed by atoms with Gasteiger partial charge in [0.2, 0.25) is 15.9 Å². The minimum absolute atomic E-state index is 0.0505. The van der Waals surface area contributed by atoms with Crippen molar-refractivity contribution in [2.75, 3.05) is 17.1 Å². The Bertz CT molecular complexity index is 1080. The summed E-state index contributed by atoms with van der Waals surface area (Å²) in [5, 5.41) is 13.9. The van der Waals surface area contributed by atoms with Crippen LogP contribution in [0.1, 0.15) is 31.9 Å². The second-order valence-corrected chi connectivity index (χ2v) is 9.68. The maximum absolute atomic E-state index is 12.8. The normalized spacial score (nSPS) is 17.4. The van der Waals surface area contributed by atoms with Crippen LogP contribution in [0.3, 0.4) is 0 Å². The molecule has 0 fully saturated rings. The predicted molar refractivity (Wildman–Crippen MR) is 112 cm³/mol. The third-order valence-corrected chi connectivity index (χ3v) is 5.87. The highest BCUT2D eigenvalue weighted by Gasteiger charge is 2.35. The summed E-state index contributed by atoms with van der Waals surface area (Å²) >= 11 is 0. The van der Waals surface area contributed by atoms with Gasteiger partial charge in [0.1, 0.15) is 17.9 Å². The standard InChI is InChI=1S/C20H23N3O6S/c1-20(2)12-17(16-9-4-5-10-18(16)29-20)21-19(24)13-22(30(3,27)28)14-7-6-8-15(11-14)23(25)26/h4-11,17H,12-13H2,1-3H3,(H,21,24). The van der Waals surface area contributed by atoms with Crippen molar-refractivity contribution in [3.63, 3.8) is 0 Å². The molecular formula is C20H23N3O6S. The minimum atomic E-state index is -3.85. The minimum Gasteiger partial charge on any atom is -0.487 e. The van der Waals surface area contributed by atoms with Gasteiger partial charge in [-0.15, -0.1) is 0 Å². The van der Waals surface area contributed by atoms with Crippen molar-refractivity contribution >= 4 is 27.3 Å². The lowest BCUT2D eigenvalue weighted by atomic mass is 9.89. The summed E-state index contributed by atoms with van der Waals surface area (Å²) in [6, 6.07) is 12.2. The van der Waals surface area contributed by atoms with Crippen molar-refractivity contribution in [1.29, 1.82) is 0 Å². The summed E-state index contributed by atoms with van der Waals surface area (Å²) in [5.41, 5.74) is 0.0886. The number of fused-ring (bicyclic) bond motifs is 1. The van der Waals surface area contributed by atoms with Gasteiger partial charge in [-0.05, 0) is 26.0 Å². The fourth-order valence-corrected chi connectivity index (χ4v) is 4.31. The van der Waals surface area contributed by atoms with Crippen LogP contribution >= 0.6 is 0 Å². The van der Waals surface area contributed by atoms with Gasteiger partial charge < -0.3 is 10.1 Å². The number of hydrogen-bond acceptors (Lipinski definition) is 6. The molecule has 9 nitrogen and oxygen atoms in total. The number of ether oxygens (including phenoxy) is 1. The van der Waals surface area contributed by atoms with E-state index in [-0.39, 0.29) is 17.4 Å². The van der Waals surface area contributed by atoms with Crippen molar-refractivity contribution in [2.24, 2.45) is 0 Å². The molecule has 0 saturated heterocycles. The fraction of sp³-hybridized carbons (Fsp3) is 0.350. The molecule has 160 valence electrons. The van der Waals surface area contributed by atoms with Gasteiger partial charge in [0.25, 0.3) is 5.69 Å². The molecule has 1 amide bonds. The molecule has 10 heteroatoms. The van der Waals surface area contributed by atoms with Crippen LogP contribution in [0.2, 0.25) is 0 Å². The van der Waals surface area contributed by atoms with Crippen molar-refractivity contribution in [3.8, 4) is 5.75 Å². The molecule has 1 aliphatic rings. The largest absolute Gasteiger partial charge is 0.487 e. The number of hydrogen-bond donors (Lipinski definition) is 1. The van der Waals surface area contributed by atoms with Crippen LogP contribution in [0, 0.1) is 10.1 Å². The highest BCUT2D eigenvalue weighted by molar-refractivity contribution is 7.92. The Morgan fingerprint density at radius 1 is 1.27 bits per heavy atom. The SMILES string of the molecule is CC1(C)CC(NC(=O)CN(c2cccc([N+](=O)[O-])c2)S(C)(=O)=O)c2ccccc2O1. The Morgan fingerprint density at radius 3 is 2.63 bits per heavy atom. The van der Waals surface area contributed by atoms with E-state index in [2.05, 4.69) is 5.32 Å². The zero-order valence-electron chi connectivity index (χ0n) is 16.9. The van der Waals surface area contributed by atoms with E-state index < -0.39 is 33.0 Å². The number of rotatable bonds is 6. The van der Waals surface area contributed by atoms with Gasteiger partial charge in [-0.25, -0.2) is 8.42 Å². The molecule has 2 aromatic carbocycles. The summed E-state index contributed by atoms with van der Waals surface area (Å²) in [6.45, 7) is 3.32. The molecule has 0 radical (unpaired) electrons. The van der Waals surface area contributed by atoms with E-state index in [1.54, 1.807) is 0 Å². The molecular weight excluding hydrogens is 410 g/mol. The molecule has 1 heterocycles. The summed E-state index contributed by atoms with van der Waals surface area (Å²) in [4.78, 5) is 23.2. The third kappa shape index (κ3) is 4.88. The first kappa shape index (κ1) is 21.6. The van der Waals surface area contributed by atoms with Crippen molar-refractivity contribution in [2.45, 2.75) is 31.9 Å².